The number of nitrogens with one attached hydrogen (secondary N) is 2. The van der Waals surface area contributed by atoms with Gasteiger partial charge in [-0.05, 0) is 49.5 Å². The molecule has 0 aliphatic carbocycles. The fraction of sp³-hybridized carbons (Fsp3) is 0.118. The molecule has 1 amide bonds. The fourth-order valence-corrected chi connectivity index (χ4v) is 2.82. The van der Waals surface area contributed by atoms with Crippen LogP contribution in [0, 0.1) is 11.7 Å². The van der Waals surface area contributed by atoms with E-state index in [0.717, 1.165) is 11.3 Å². The lowest BCUT2D eigenvalue weighted by molar-refractivity contribution is 0.0949. The Morgan fingerprint density at radius 3 is 2.83 bits per heavy atom. The first-order chi connectivity index (χ1) is 11.5. The van der Waals surface area contributed by atoms with E-state index in [2.05, 4.69) is 15.5 Å². The maximum Gasteiger partial charge on any atom is 0.251 e. The van der Waals surface area contributed by atoms with Crippen LogP contribution in [0.15, 0.2) is 48.5 Å². The Hall–Kier alpha value is -2.44. The Balaban J connectivity index is 1.82. The summed E-state index contributed by atoms with van der Waals surface area (Å²) in [4.78, 5) is 12.3. The summed E-state index contributed by atoms with van der Waals surface area (Å²) in [5, 5.41) is 10.4. The summed E-state index contributed by atoms with van der Waals surface area (Å²) in [6.07, 6.45) is 0. The number of aryl methyl sites for hydroxylation is 1. The molecule has 0 aliphatic rings. The lowest BCUT2D eigenvalue weighted by Gasteiger charge is -2.09. The Morgan fingerprint density at radius 1 is 1.29 bits per heavy atom. The van der Waals surface area contributed by atoms with E-state index in [1.807, 2.05) is 37.3 Å². The largest absolute Gasteiger partial charge is 0.345 e. The Bertz CT molecular complexity index is 948. The third kappa shape index (κ3) is 3.55. The SMILES string of the molecule is Cc1cccc(C(=O)NCc2n[nH]c(=S)n2-c2cccc(Cl)c2)c1. The first-order valence-electron chi connectivity index (χ1n) is 7.32. The van der Waals surface area contributed by atoms with Crippen LogP contribution in [0.5, 0.6) is 0 Å². The molecule has 122 valence electrons. The van der Waals surface area contributed by atoms with Gasteiger partial charge >= 0.3 is 0 Å². The van der Waals surface area contributed by atoms with Crippen molar-refractivity contribution >= 4 is 29.7 Å². The van der Waals surface area contributed by atoms with Crippen LogP contribution < -0.4 is 5.32 Å². The number of hydrogen-bond donors (Lipinski definition) is 2. The topological polar surface area (TPSA) is 62.7 Å². The number of benzene rings is 2. The normalized spacial score (nSPS) is 10.6. The molecule has 24 heavy (non-hydrogen) atoms. The number of nitrogens with zero attached hydrogens (tertiary/aromatic N) is 2. The van der Waals surface area contributed by atoms with Crippen LogP contribution in [-0.4, -0.2) is 20.7 Å². The number of carbonyl (C=O) groups is 1. The van der Waals surface area contributed by atoms with E-state index in [4.69, 9.17) is 23.8 Å². The smallest absolute Gasteiger partial charge is 0.251 e. The average Bonchev–Trinajstić information content (AvgIpc) is 2.93. The maximum atomic E-state index is 12.3. The summed E-state index contributed by atoms with van der Waals surface area (Å²) >= 11 is 11.3. The van der Waals surface area contributed by atoms with Gasteiger partial charge in [0.15, 0.2) is 10.6 Å². The molecule has 5 nitrogen and oxygen atoms in total. The highest BCUT2D eigenvalue weighted by Crippen LogP contribution is 2.16. The zero-order valence-electron chi connectivity index (χ0n) is 12.9. The monoisotopic (exact) mass is 358 g/mol. The molecule has 7 heteroatoms. The lowest BCUT2D eigenvalue weighted by Crippen LogP contribution is -2.24. The van der Waals surface area contributed by atoms with Gasteiger partial charge in [-0.2, -0.15) is 5.10 Å². The molecular formula is C17H15ClN4OS. The van der Waals surface area contributed by atoms with E-state index >= 15 is 0 Å². The summed E-state index contributed by atoms with van der Waals surface area (Å²) in [5.74, 6) is 0.438. The van der Waals surface area contributed by atoms with Gasteiger partial charge in [0.05, 0.1) is 12.2 Å². The van der Waals surface area contributed by atoms with Gasteiger partial charge in [0, 0.05) is 10.6 Å². The van der Waals surface area contributed by atoms with Crippen molar-refractivity contribution in [3.63, 3.8) is 0 Å². The number of H-pyrrole nitrogens is 1. The van der Waals surface area contributed by atoms with Crippen LogP contribution in [0.1, 0.15) is 21.7 Å². The molecule has 2 aromatic carbocycles. The fourth-order valence-electron chi connectivity index (χ4n) is 2.38. The van der Waals surface area contributed by atoms with Gasteiger partial charge in [-0.15, -0.1) is 0 Å². The van der Waals surface area contributed by atoms with Crippen LogP contribution in [0.2, 0.25) is 5.02 Å². The molecule has 0 saturated carbocycles. The minimum atomic E-state index is -0.162. The molecule has 1 heterocycles. The minimum Gasteiger partial charge on any atom is -0.345 e. The zero-order chi connectivity index (χ0) is 17.1. The van der Waals surface area contributed by atoms with Crippen LogP contribution in [0.3, 0.4) is 0 Å². The predicted molar refractivity (Wildman–Crippen MR) is 96.1 cm³/mol. The maximum absolute atomic E-state index is 12.3. The van der Waals surface area contributed by atoms with Crippen LogP contribution in [0.25, 0.3) is 5.69 Å². The third-order valence-corrected chi connectivity index (χ3v) is 4.00. The van der Waals surface area contributed by atoms with Crippen molar-refractivity contribution in [1.29, 1.82) is 0 Å². The first kappa shape index (κ1) is 16.4. The highest BCUT2D eigenvalue weighted by Gasteiger charge is 2.11. The van der Waals surface area contributed by atoms with E-state index in [-0.39, 0.29) is 12.5 Å². The molecular weight excluding hydrogens is 344 g/mol. The summed E-state index contributed by atoms with van der Waals surface area (Å²) < 4.78 is 2.19. The third-order valence-electron chi connectivity index (χ3n) is 3.50. The molecule has 0 radical (unpaired) electrons. The van der Waals surface area contributed by atoms with Crippen LogP contribution >= 0.6 is 23.8 Å². The van der Waals surface area contributed by atoms with Gasteiger partial charge in [0.2, 0.25) is 0 Å². The average molecular weight is 359 g/mol. The van der Waals surface area contributed by atoms with Gasteiger partial charge in [-0.3, -0.25) is 14.5 Å². The number of halogens is 1. The molecule has 0 unspecified atom stereocenters. The Morgan fingerprint density at radius 2 is 2.08 bits per heavy atom. The van der Waals surface area contributed by atoms with E-state index in [1.54, 1.807) is 22.8 Å². The molecule has 0 bridgehead atoms. The van der Waals surface area contributed by atoms with E-state index in [9.17, 15) is 4.79 Å². The molecule has 3 aromatic rings. The zero-order valence-corrected chi connectivity index (χ0v) is 14.5. The highest BCUT2D eigenvalue weighted by molar-refractivity contribution is 7.71. The summed E-state index contributed by atoms with van der Waals surface area (Å²) in [6, 6.07) is 14.7. The number of hydrogen-bond acceptors (Lipinski definition) is 3. The van der Waals surface area contributed by atoms with Gasteiger partial charge in [-0.1, -0.05) is 35.4 Å². The molecule has 0 fully saturated rings. The molecule has 0 spiro atoms. The molecule has 0 atom stereocenters. The summed E-state index contributed by atoms with van der Waals surface area (Å²) in [5.41, 5.74) is 2.43. The molecule has 0 saturated heterocycles. The van der Waals surface area contributed by atoms with Crippen molar-refractivity contribution in [2.24, 2.45) is 0 Å². The van der Waals surface area contributed by atoms with E-state index in [1.165, 1.54) is 0 Å². The second kappa shape index (κ2) is 6.98. The number of aromatic nitrogens is 3. The molecule has 3 rings (SSSR count). The van der Waals surface area contributed by atoms with Gasteiger partial charge in [0.1, 0.15) is 0 Å². The quantitative estimate of drug-likeness (QED) is 0.697. The Kier molecular flexibility index (Phi) is 4.78. The second-order valence-corrected chi connectivity index (χ2v) is 6.14. The predicted octanol–water partition coefficient (Wildman–Crippen LogP) is 3.82. The number of rotatable bonds is 4. The molecule has 2 N–H and O–H groups in total. The van der Waals surface area contributed by atoms with Gasteiger partial charge < -0.3 is 5.32 Å². The summed E-state index contributed by atoms with van der Waals surface area (Å²) in [7, 11) is 0. The minimum absolute atomic E-state index is 0.162. The lowest BCUT2D eigenvalue weighted by atomic mass is 10.1. The second-order valence-electron chi connectivity index (χ2n) is 5.31. The Labute approximate surface area is 149 Å². The van der Waals surface area contributed by atoms with Crippen LogP contribution in [-0.2, 0) is 6.54 Å². The van der Waals surface area contributed by atoms with Crippen molar-refractivity contribution in [2.75, 3.05) is 0 Å². The standard InChI is InChI=1S/C17H15ClN4OS/c1-11-4-2-5-12(8-11)16(23)19-10-15-20-21-17(24)22(15)14-7-3-6-13(18)9-14/h2-9H,10H2,1H3,(H,19,23)(H,21,24). The molecule has 1 aromatic heterocycles. The van der Waals surface area contributed by atoms with Crippen molar-refractivity contribution < 1.29 is 4.79 Å². The van der Waals surface area contributed by atoms with E-state index < -0.39 is 0 Å². The number of carbonyl (C=O) groups excluding carboxylic acids is 1. The van der Waals surface area contributed by atoms with Gasteiger partial charge in [0.25, 0.3) is 5.91 Å². The number of aromatic amines is 1. The molecule has 0 aliphatic heterocycles. The van der Waals surface area contributed by atoms with E-state index in [0.29, 0.717) is 21.2 Å². The number of amides is 1. The van der Waals surface area contributed by atoms with Crippen molar-refractivity contribution in [2.45, 2.75) is 13.5 Å². The van der Waals surface area contributed by atoms with Gasteiger partial charge in [-0.25, -0.2) is 0 Å². The van der Waals surface area contributed by atoms with Crippen molar-refractivity contribution in [3.05, 3.63) is 75.3 Å². The van der Waals surface area contributed by atoms with Crippen LogP contribution in [0.4, 0.5) is 0 Å². The van der Waals surface area contributed by atoms with Crippen molar-refractivity contribution in [3.8, 4) is 5.69 Å². The van der Waals surface area contributed by atoms with Crippen molar-refractivity contribution in [1.82, 2.24) is 20.1 Å². The summed E-state index contributed by atoms with van der Waals surface area (Å²) in [6.45, 7) is 2.19. The first-order valence-corrected chi connectivity index (χ1v) is 8.10. The highest BCUT2D eigenvalue weighted by atomic mass is 35.5.